The summed E-state index contributed by atoms with van der Waals surface area (Å²) in [7, 11) is 0. The average molecular weight is 206 g/mol. The third-order valence-corrected chi connectivity index (χ3v) is 3.75. The first-order chi connectivity index (χ1) is 5.87. The maximum Gasteiger partial charge on any atom is 0.0525 e. The Kier molecular flexibility index (Phi) is 4.02. The number of ether oxygens (including phenoxy) is 1. The van der Waals surface area contributed by atoms with Crippen molar-refractivity contribution in [1.29, 1.82) is 0 Å². The highest BCUT2D eigenvalue weighted by atomic mass is 35.5. The van der Waals surface area contributed by atoms with Gasteiger partial charge in [0.2, 0.25) is 0 Å². The van der Waals surface area contributed by atoms with Crippen molar-refractivity contribution in [3.05, 3.63) is 0 Å². The van der Waals surface area contributed by atoms with E-state index in [0.717, 1.165) is 25.7 Å². The fraction of sp³-hybridized carbons (Fsp3) is 1.00. The molecule has 1 spiro atoms. The van der Waals surface area contributed by atoms with Crippen LogP contribution in [0.1, 0.15) is 32.1 Å². The zero-order valence-electron chi connectivity index (χ0n) is 8.13. The van der Waals surface area contributed by atoms with E-state index < -0.39 is 0 Å². The van der Waals surface area contributed by atoms with Crippen LogP contribution in [-0.2, 0) is 4.74 Å². The smallest absolute Gasteiger partial charge is 0.0525 e. The lowest BCUT2D eigenvalue weighted by Gasteiger charge is -2.40. The van der Waals surface area contributed by atoms with Crippen molar-refractivity contribution in [1.82, 2.24) is 0 Å². The standard InChI is InChI=1S/C10H19NO.ClH/c11-7-9-3-6-12-8-10(9)4-1-2-5-10;/h9H,1-8,11H2;1H. The van der Waals surface area contributed by atoms with Crippen LogP contribution in [-0.4, -0.2) is 19.8 Å². The number of halogens is 1. The minimum absolute atomic E-state index is 0. The molecule has 2 fully saturated rings. The molecule has 2 aliphatic rings. The molecule has 0 radical (unpaired) electrons. The van der Waals surface area contributed by atoms with E-state index in [-0.39, 0.29) is 12.4 Å². The second-order valence-electron chi connectivity index (χ2n) is 4.34. The molecule has 1 heterocycles. The number of hydrogen-bond acceptors (Lipinski definition) is 2. The Balaban J connectivity index is 0.000000845. The van der Waals surface area contributed by atoms with Crippen molar-refractivity contribution in [3.63, 3.8) is 0 Å². The summed E-state index contributed by atoms with van der Waals surface area (Å²) in [5, 5.41) is 0. The first-order valence-corrected chi connectivity index (χ1v) is 5.15. The molecular formula is C10H20ClNO. The predicted octanol–water partition coefficient (Wildman–Crippen LogP) is 1.96. The van der Waals surface area contributed by atoms with Crippen molar-refractivity contribution in [3.8, 4) is 0 Å². The maximum atomic E-state index is 5.80. The van der Waals surface area contributed by atoms with Gasteiger partial charge in [-0.3, -0.25) is 0 Å². The quantitative estimate of drug-likeness (QED) is 0.711. The summed E-state index contributed by atoms with van der Waals surface area (Å²) >= 11 is 0. The number of rotatable bonds is 1. The van der Waals surface area contributed by atoms with E-state index in [1.54, 1.807) is 0 Å². The lowest BCUT2D eigenvalue weighted by molar-refractivity contribution is -0.0453. The van der Waals surface area contributed by atoms with E-state index in [4.69, 9.17) is 10.5 Å². The fourth-order valence-corrected chi connectivity index (χ4v) is 2.92. The SMILES string of the molecule is Cl.NCC1CCOCC12CCCC2. The van der Waals surface area contributed by atoms with Gasteiger partial charge in [-0.2, -0.15) is 0 Å². The molecule has 13 heavy (non-hydrogen) atoms. The monoisotopic (exact) mass is 205 g/mol. The van der Waals surface area contributed by atoms with Crippen LogP contribution in [0.25, 0.3) is 0 Å². The highest BCUT2D eigenvalue weighted by Gasteiger charge is 2.42. The Morgan fingerprint density at radius 1 is 1.31 bits per heavy atom. The van der Waals surface area contributed by atoms with Gasteiger partial charge in [-0.05, 0) is 37.1 Å². The summed E-state index contributed by atoms with van der Waals surface area (Å²) in [6, 6.07) is 0. The van der Waals surface area contributed by atoms with Crippen molar-refractivity contribution in [2.75, 3.05) is 19.8 Å². The van der Waals surface area contributed by atoms with E-state index in [1.165, 1.54) is 32.1 Å². The first-order valence-electron chi connectivity index (χ1n) is 5.15. The van der Waals surface area contributed by atoms with E-state index in [0.29, 0.717) is 5.41 Å². The van der Waals surface area contributed by atoms with Crippen LogP contribution in [0.3, 0.4) is 0 Å². The zero-order valence-corrected chi connectivity index (χ0v) is 8.94. The van der Waals surface area contributed by atoms with Crippen LogP contribution < -0.4 is 5.73 Å². The highest BCUT2D eigenvalue weighted by molar-refractivity contribution is 5.85. The Hall–Kier alpha value is 0.210. The van der Waals surface area contributed by atoms with Crippen LogP contribution in [0, 0.1) is 11.3 Å². The molecule has 1 saturated heterocycles. The number of nitrogens with two attached hydrogens (primary N) is 1. The van der Waals surface area contributed by atoms with Crippen LogP contribution in [0.2, 0.25) is 0 Å². The summed E-state index contributed by atoms with van der Waals surface area (Å²) in [4.78, 5) is 0. The molecule has 1 saturated carbocycles. The minimum atomic E-state index is 0. The third kappa shape index (κ3) is 2.00. The molecule has 2 N–H and O–H groups in total. The van der Waals surface area contributed by atoms with Gasteiger partial charge in [0.1, 0.15) is 0 Å². The minimum Gasteiger partial charge on any atom is -0.381 e. The summed E-state index contributed by atoms with van der Waals surface area (Å²) in [6.07, 6.45) is 6.68. The van der Waals surface area contributed by atoms with Gasteiger partial charge in [-0.1, -0.05) is 12.8 Å². The van der Waals surface area contributed by atoms with Crippen LogP contribution in [0.4, 0.5) is 0 Å². The van der Waals surface area contributed by atoms with Crippen molar-refractivity contribution in [2.45, 2.75) is 32.1 Å². The van der Waals surface area contributed by atoms with Gasteiger partial charge in [0, 0.05) is 6.61 Å². The molecular weight excluding hydrogens is 186 g/mol. The molecule has 1 atom stereocenters. The average Bonchev–Trinajstić information content (AvgIpc) is 2.55. The van der Waals surface area contributed by atoms with Gasteiger partial charge in [0.15, 0.2) is 0 Å². The second kappa shape index (κ2) is 4.63. The third-order valence-electron chi connectivity index (χ3n) is 3.75. The van der Waals surface area contributed by atoms with Gasteiger partial charge in [0.05, 0.1) is 6.61 Å². The lowest BCUT2D eigenvalue weighted by atomic mass is 9.72. The van der Waals surface area contributed by atoms with Gasteiger partial charge in [-0.15, -0.1) is 12.4 Å². The molecule has 1 unspecified atom stereocenters. The summed E-state index contributed by atoms with van der Waals surface area (Å²) in [5.41, 5.74) is 6.30. The van der Waals surface area contributed by atoms with E-state index >= 15 is 0 Å². The van der Waals surface area contributed by atoms with Crippen molar-refractivity contribution in [2.24, 2.45) is 17.1 Å². The molecule has 0 amide bonds. The molecule has 2 nitrogen and oxygen atoms in total. The maximum absolute atomic E-state index is 5.80. The van der Waals surface area contributed by atoms with Gasteiger partial charge in [0.25, 0.3) is 0 Å². The Bertz CT molecular complexity index is 157. The van der Waals surface area contributed by atoms with Crippen LogP contribution >= 0.6 is 12.4 Å². The molecule has 1 aliphatic heterocycles. The zero-order chi connectivity index (χ0) is 8.44. The normalized spacial score (nSPS) is 31.6. The topological polar surface area (TPSA) is 35.2 Å². The molecule has 1 aliphatic carbocycles. The fourth-order valence-electron chi connectivity index (χ4n) is 2.92. The first kappa shape index (κ1) is 11.3. The Morgan fingerprint density at radius 2 is 2.00 bits per heavy atom. The Morgan fingerprint density at radius 3 is 2.62 bits per heavy atom. The molecule has 0 bridgehead atoms. The molecule has 0 aromatic heterocycles. The van der Waals surface area contributed by atoms with E-state index in [9.17, 15) is 0 Å². The predicted molar refractivity (Wildman–Crippen MR) is 56.1 cm³/mol. The summed E-state index contributed by atoms with van der Waals surface area (Å²) < 4.78 is 5.58. The molecule has 78 valence electrons. The summed E-state index contributed by atoms with van der Waals surface area (Å²) in [5.74, 6) is 0.744. The van der Waals surface area contributed by atoms with Crippen LogP contribution in [0.5, 0.6) is 0 Å². The lowest BCUT2D eigenvalue weighted by Crippen LogP contribution is -2.41. The van der Waals surface area contributed by atoms with Crippen LogP contribution in [0.15, 0.2) is 0 Å². The van der Waals surface area contributed by atoms with Crippen molar-refractivity contribution < 1.29 is 4.74 Å². The molecule has 0 aromatic carbocycles. The molecule has 2 rings (SSSR count). The Labute approximate surface area is 86.6 Å². The van der Waals surface area contributed by atoms with Gasteiger partial charge < -0.3 is 10.5 Å². The highest BCUT2D eigenvalue weighted by Crippen LogP contribution is 2.47. The van der Waals surface area contributed by atoms with Gasteiger partial charge >= 0.3 is 0 Å². The number of hydrogen-bond donors (Lipinski definition) is 1. The molecule has 3 heteroatoms. The summed E-state index contributed by atoms with van der Waals surface area (Å²) in [6.45, 7) is 2.78. The molecule has 0 aromatic rings. The van der Waals surface area contributed by atoms with E-state index in [2.05, 4.69) is 0 Å². The van der Waals surface area contributed by atoms with Gasteiger partial charge in [-0.25, -0.2) is 0 Å². The second-order valence-corrected chi connectivity index (χ2v) is 4.34. The largest absolute Gasteiger partial charge is 0.381 e. The van der Waals surface area contributed by atoms with Crippen molar-refractivity contribution >= 4 is 12.4 Å². The van der Waals surface area contributed by atoms with E-state index in [1.807, 2.05) is 0 Å².